The van der Waals surface area contributed by atoms with Gasteiger partial charge in [0.2, 0.25) is 0 Å². The van der Waals surface area contributed by atoms with Crippen molar-refractivity contribution in [3.05, 3.63) is 28.8 Å². The molecule has 5 fully saturated rings. The van der Waals surface area contributed by atoms with Gasteiger partial charge in [-0.3, -0.25) is 0 Å². The van der Waals surface area contributed by atoms with E-state index < -0.39 is 10.4 Å². The number of rotatable bonds is 2. The summed E-state index contributed by atoms with van der Waals surface area (Å²) in [5.74, 6) is 2.56. The Labute approximate surface area is 289 Å². The van der Waals surface area contributed by atoms with Gasteiger partial charge in [0.1, 0.15) is 5.75 Å². The van der Waals surface area contributed by atoms with Crippen molar-refractivity contribution in [1.29, 1.82) is 0 Å². The summed E-state index contributed by atoms with van der Waals surface area (Å²) in [5, 5.41) is 0. The van der Waals surface area contributed by atoms with E-state index in [1.807, 2.05) is 6.07 Å². The van der Waals surface area contributed by atoms with Crippen molar-refractivity contribution in [2.75, 3.05) is 0 Å². The minimum Gasteiger partial charge on any atom is -0.716 e. The van der Waals surface area contributed by atoms with Gasteiger partial charge in [-0.15, -0.1) is 0 Å². The fourth-order valence-electron chi connectivity index (χ4n) is 13.9. The quantitative estimate of drug-likeness (QED) is 0.238. The van der Waals surface area contributed by atoms with E-state index in [9.17, 15) is 13.0 Å². The normalized spacial score (nSPS) is 47.3. The van der Waals surface area contributed by atoms with Gasteiger partial charge in [0, 0.05) is 5.56 Å². The van der Waals surface area contributed by atoms with Gasteiger partial charge in [0.05, 0.1) is 11.7 Å². The zero-order valence-electron chi connectivity index (χ0n) is 29.0. The zero-order valence-corrected chi connectivity index (χ0v) is 31.8. The van der Waals surface area contributed by atoms with Crippen LogP contribution in [0.25, 0.3) is 0 Å². The van der Waals surface area contributed by atoms with Gasteiger partial charge < -0.3 is 13.5 Å². The maximum absolute atomic E-state index is 11.7. The summed E-state index contributed by atoms with van der Waals surface area (Å²) >= 11 is 0. The molecule has 1 heterocycles. The Hall–Kier alpha value is -0.110. The monoisotopic (exact) mass is 634 g/mol. The SMILES string of the molecule is Cc1ccc(OS(=O)(=O)[O-])c2c1[C@@]1(C)CC[C@@H]3[C@@]4(C)CC[C@@H]5O[C@@]6(C)CCCC(C)(C)[C@@H]6CC[C@@]5(C)[C@@H]4CC[C@@]3(C)[C@@H]1C2.[Na+]. The van der Waals surface area contributed by atoms with Crippen LogP contribution in [-0.4, -0.2) is 24.7 Å². The summed E-state index contributed by atoms with van der Waals surface area (Å²) in [7, 11) is -4.83. The summed E-state index contributed by atoms with van der Waals surface area (Å²) < 4.78 is 47.6. The molecule has 1 aromatic rings. The molecular formula is C37H55NaO5S. The van der Waals surface area contributed by atoms with Crippen LogP contribution in [0.1, 0.15) is 136 Å². The van der Waals surface area contributed by atoms with E-state index >= 15 is 0 Å². The summed E-state index contributed by atoms with van der Waals surface area (Å²) in [6.07, 6.45) is 14.7. The smallest absolute Gasteiger partial charge is 0.716 e. The number of hydrogen-bond acceptors (Lipinski definition) is 5. The Morgan fingerprint density at radius 2 is 1.36 bits per heavy atom. The Kier molecular flexibility index (Phi) is 8.02. The largest absolute Gasteiger partial charge is 1.00 e. The first kappa shape index (κ1) is 33.8. The minimum atomic E-state index is -4.83. The average Bonchev–Trinajstić information content (AvgIpc) is 3.15. The standard InChI is InChI=1S/C37H56O5S.Na/c1-23-10-11-25(42-43(38,39)40)24-22-29-34(5)18-13-28-33(4,27(34)14-20-36(29,7)31(23)24)21-15-30-35(28,6)19-12-26-32(2,3)16-9-17-37(26,8)41-30;/h10-11,26-30H,9,12-22H2,1-8H3,(H,38,39,40);/q;+1/p-1/t26-,27+,28+,29-,30-,33+,34+,35-,36-,37-;/m0./s1. The van der Waals surface area contributed by atoms with Crippen molar-refractivity contribution >= 4 is 10.4 Å². The molecule has 7 rings (SSSR count). The van der Waals surface area contributed by atoms with Crippen LogP contribution >= 0.6 is 0 Å². The topological polar surface area (TPSA) is 75.7 Å². The molecule has 6 aliphatic rings. The molecule has 0 radical (unpaired) electrons. The van der Waals surface area contributed by atoms with Crippen molar-refractivity contribution in [2.24, 2.45) is 45.3 Å². The molecule has 1 saturated heterocycles. The van der Waals surface area contributed by atoms with Gasteiger partial charge in [0.25, 0.3) is 10.4 Å². The van der Waals surface area contributed by atoms with Crippen molar-refractivity contribution < 1.29 is 51.4 Å². The van der Waals surface area contributed by atoms with E-state index in [1.165, 1.54) is 75.3 Å². The maximum atomic E-state index is 11.7. The van der Waals surface area contributed by atoms with E-state index in [1.54, 1.807) is 6.07 Å². The average molecular weight is 635 g/mol. The van der Waals surface area contributed by atoms with E-state index in [2.05, 4.69) is 55.4 Å². The molecule has 240 valence electrons. The molecular weight excluding hydrogens is 579 g/mol. The number of hydrogen-bond donors (Lipinski definition) is 0. The summed E-state index contributed by atoms with van der Waals surface area (Å²) in [5.41, 5.74) is 4.31. The van der Waals surface area contributed by atoms with Gasteiger partial charge in [0.15, 0.2) is 0 Å². The molecule has 5 aliphatic carbocycles. The summed E-state index contributed by atoms with van der Waals surface area (Å²) in [4.78, 5) is 0. The molecule has 0 amide bonds. The molecule has 5 nitrogen and oxygen atoms in total. The summed E-state index contributed by atoms with van der Waals surface area (Å²) in [6, 6.07) is 3.66. The molecule has 4 saturated carbocycles. The van der Waals surface area contributed by atoms with Crippen molar-refractivity contribution in [3.63, 3.8) is 0 Å². The van der Waals surface area contributed by atoms with Crippen LogP contribution in [0, 0.1) is 52.3 Å². The first-order chi connectivity index (χ1) is 19.9. The predicted octanol–water partition coefficient (Wildman–Crippen LogP) is 5.66. The van der Waals surface area contributed by atoms with Gasteiger partial charge in [-0.1, -0.05) is 54.0 Å². The van der Waals surface area contributed by atoms with Crippen molar-refractivity contribution in [3.8, 4) is 5.75 Å². The Balaban J connectivity index is 0.00000343. The summed E-state index contributed by atoms with van der Waals surface area (Å²) in [6.45, 7) is 19.8. The van der Waals surface area contributed by atoms with Crippen molar-refractivity contribution in [1.82, 2.24) is 0 Å². The van der Waals surface area contributed by atoms with Crippen LogP contribution in [0.4, 0.5) is 0 Å². The van der Waals surface area contributed by atoms with E-state index in [-0.39, 0.29) is 62.6 Å². The third kappa shape index (κ3) is 4.64. The third-order valence-corrected chi connectivity index (χ3v) is 15.9. The van der Waals surface area contributed by atoms with Crippen LogP contribution in [0.2, 0.25) is 0 Å². The van der Waals surface area contributed by atoms with Crippen LogP contribution in [-0.2, 0) is 27.0 Å². The second-order valence-corrected chi connectivity index (χ2v) is 19.0. The molecule has 44 heavy (non-hydrogen) atoms. The third-order valence-electron chi connectivity index (χ3n) is 15.6. The molecule has 0 N–H and O–H groups in total. The van der Waals surface area contributed by atoms with Gasteiger partial charge in [-0.2, -0.15) is 0 Å². The Morgan fingerprint density at radius 3 is 2.07 bits per heavy atom. The molecule has 0 bridgehead atoms. The number of aryl methyl sites for hydroxylation is 1. The minimum absolute atomic E-state index is 0. The predicted molar refractivity (Wildman–Crippen MR) is 169 cm³/mol. The second kappa shape index (κ2) is 10.4. The van der Waals surface area contributed by atoms with Crippen LogP contribution in [0.5, 0.6) is 5.75 Å². The van der Waals surface area contributed by atoms with Crippen LogP contribution in [0.15, 0.2) is 12.1 Å². The number of ether oxygens (including phenoxy) is 1. The van der Waals surface area contributed by atoms with E-state index in [0.29, 0.717) is 35.2 Å². The van der Waals surface area contributed by atoms with E-state index in [0.717, 1.165) is 18.4 Å². The first-order valence-corrected chi connectivity index (χ1v) is 18.7. The zero-order chi connectivity index (χ0) is 31.0. The van der Waals surface area contributed by atoms with Crippen molar-refractivity contribution in [2.45, 2.75) is 150 Å². The Bertz CT molecular complexity index is 1440. The Morgan fingerprint density at radius 1 is 0.773 bits per heavy atom. The molecule has 7 heteroatoms. The number of fused-ring (bicyclic) bond motifs is 10. The van der Waals surface area contributed by atoms with Gasteiger partial charge in [-0.05, 0) is 152 Å². The second-order valence-electron chi connectivity index (χ2n) is 18.0. The maximum Gasteiger partial charge on any atom is 1.00 e. The van der Waals surface area contributed by atoms with Gasteiger partial charge in [-0.25, -0.2) is 8.42 Å². The fourth-order valence-corrected chi connectivity index (χ4v) is 14.3. The molecule has 1 aromatic carbocycles. The first-order valence-electron chi connectivity index (χ1n) is 17.3. The van der Waals surface area contributed by atoms with Crippen LogP contribution in [0.3, 0.4) is 0 Å². The van der Waals surface area contributed by atoms with Crippen LogP contribution < -0.4 is 33.7 Å². The molecule has 1 aliphatic heterocycles. The molecule has 0 aromatic heterocycles. The fraction of sp³-hybridized carbons (Fsp3) is 0.838. The number of benzene rings is 1. The van der Waals surface area contributed by atoms with Gasteiger partial charge >= 0.3 is 29.6 Å². The molecule has 10 atom stereocenters. The van der Waals surface area contributed by atoms with E-state index in [4.69, 9.17) is 8.92 Å². The molecule has 0 unspecified atom stereocenters. The molecule has 0 spiro atoms.